The van der Waals surface area contributed by atoms with Crippen molar-refractivity contribution in [3.8, 4) is 0 Å². The average Bonchev–Trinajstić information content (AvgIpc) is 2.76. The highest BCUT2D eigenvalue weighted by Gasteiger charge is 2.22. The lowest BCUT2D eigenvalue weighted by Crippen LogP contribution is -1.97. The smallest absolute Gasteiger partial charge is 0.0912 e. The maximum Gasteiger partial charge on any atom is 0.0912 e. The molecule has 1 aliphatic carbocycles. The molecular formula is C9H14N2O. The molecule has 1 saturated carbocycles. The van der Waals surface area contributed by atoms with Gasteiger partial charge in [0.1, 0.15) is 0 Å². The predicted octanol–water partition coefficient (Wildman–Crippen LogP) is 1.41. The van der Waals surface area contributed by atoms with Crippen LogP contribution in [0, 0.1) is 6.92 Å². The molecule has 1 fully saturated rings. The predicted molar refractivity (Wildman–Crippen MR) is 45.8 cm³/mol. The van der Waals surface area contributed by atoms with Gasteiger partial charge < -0.3 is 4.74 Å². The van der Waals surface area contributed by atoms with E-state index in [9.17, 15) is 0 Å². The van der Waals surface area contributed by atoms with Gasteiger partial charge in [0.05, 0.1) is 18.4 Å². The Bertz CT molecular complexity index is 276. The number of ether oxygens (including phenoxy) is 1. The number of nitrogens with zero attached hydrogens (tertiary/aromatic N) is 2. The third kappa shape index (κ3) is 1.67. The lowest BCUT2D eigenvalue weighted by atomic mass is 10.3. The third-order valence-electron chi connectivity index (χ3n) is 2.09. The minimum atomic E-state index is 0.520. The van der Waals surface area contributed by atoms with Crippen LogP contribution in [0.5, 0.6) is 0 Å². The van der Waals surface area contributed by atoms with Crippen LogP contribution in [0.4, 0.5) is 0 Å². The first kappa shape index (κ1) is 7.80. The standard InChI is InChI=1S/C9H14N2O/c1-7-5-11(2)10-9(7)6-12-8-3-4-8/h5,8H,3-4,6H2,1-2H3. The Hall–Kier alpha value is -0.830. The van der Waals surface area contributed by atoms with Crippen LogP contribution in [0.15, 0.2) is 6.20 Å². The van der Waals surface area contributed by atoms with Gasteiger partial charge >= 0.3 is 0 Å². The Labute approximate surface area is 72.3 Å². The van der Waals surface area contributed by atoms with E-state index in [1.165, 1.54) is 18.4 Å². The van der Waals surface area contributed by atoms with E-state index in [4.69, 9.17) is 4.74 Å². The number of aromatic nitrogens is 2. The van der Waals surface area contributed by atoms with Gasteiger partial charge in [0.2, 0.25) is 0 Å². The van der Waals surface area contributed by atoms with Crippen LogP contribution in [0.3, 0.4) is 0 Å². The molecule has 0 radical (unpaired) electrons. The van der Waals surface area contributed by atoms with E-state index in [0.29, 0.717) is 12.7 Å². The van der Waals surface area contributed by atoms with E-state index in [1.807, 2.05) is 17.9 Å². The monoisotopic (exact) mass is 166 g/mol. The molecule has 0 bridgehead atoms. The largest absolute Gasteiger partial charge is 0.372 e. The zero-order valence-electron chi connectivity index (χ0n) is 7.58. The second-order valence-electron chi connectivity index (χ2n) is 3.44. The van der Waals surface area contributed by atoms with Crippen molar-refractivity contribution < 1.29 is 4.74 Å². The van der Waals surface area contributed by atoms with Gasteiger partial charge in [-0.1, -0.05) is 0 Å². The van der Waals surface area contributed by atoms with Gasteiger partial charge in [-0.3, -0.25) is 4.68 Å². The summed E-state index contributed by atoms with van der Waals surface area (Å²) in [5, 5.41) is 4.30. The molecule has 0 spiro atoms. The first-order valence-electron chi connectivity index (χ1n) is 4.36. The molecule has 1 heterocycles. The topological polar surface area (TPSA) is 27.1 Å². The van der Waals surface area contributed by atoms with Gasteiger partial charge in [-0.2, -0.15) is 5.10 Å². The summed E-state index contributed by atoms with van der Waals surface area (Å²) in [6, 6.07) is 0. The number of hydrogen-bond donors (Lipinski definition) is 0. The molecule has 1 aromatic rings. The van der Waals surface area contributed by atoms with Crippen molar-refractivity contribution in [2.24, 2.45) is 7.05 Å². The summed E-state index contributed by atoms with van der Waals surface area (Å²) in [7, 11) is 1.94. The fourth-order valence-electron chi connectivity index (χ4n) is 1.23. The quantitative estimate of drug-likeness (QED) is 0.678. The molecular weight excluding hydrogens is 152 g/mol. The van der Waals surface area contributed by atoms with Crippen molar-refractivity contribution in [2.45, 2.75) is 32.5 Å². The number of aryl methyl sites for hydroxylation is 2. The maximum absolute atomic E-state index is 5.56. The van der Waals surface area contributed by atoms with Crippen molar-refractivity contribution in [1.82, 2.24) is 9.78 Å². The molecule has 0 unspecified atom stereocenters. The van der Waals surface area contributed by atoms with Crippen LogP contribution in [0.1, 0.15) is 24.1 Å². The SMILES string of the molecule is Cc1cn(C)nc1COC1CC1. The summed E-state index contributed by atoms with van der Waals surface area (Å²) in [5.74, 6) is 0. The molecule has 66 valence electrons. The normalized spacial score (nSPS) is 16.8. The van der Waals surface area contributed by atoms with E-state index in [0.717, 1.165) is 5.69 Å². The van der Waals surface area contributed by atoms with Crippen LogP contribution >= 0.6 is 0 Å². The molecule has 3 heteroatoms. The Balaban J connectivity index is 1.96. The van der Waals surface area contributed by atoms with Crippen LogP contribution in [-0.4, -0.2) is 15.9 Å². The molecule has 2 rings (SSSR count). The van der Waals surface area contributed by atoms with E-state index in [2.05, 4.69) is 12.0 Å². The maximum atomic E-state index is 5.56. The minimum Gasteiger partial charge on any atom is -0.372 e. The molecule has 0 aromatic carbocycles. The number of rotatable bonds is 3. The van der Waals surface area contributed by atoms with Crippen LogP contribution in [0.25, 0.3) is 0 Å². The van der Waals surface area contributed by atoms with E-state index in [-0.39, 0.29) is 0 Å². The van der Waals surface area contributed by atoms with Gasteiger partial charge in [0, 0.05) is 13.2 Å². The Morgan fingerprint density at radius 2 is 2.42 bits per heavy atom. The van der Waals surface area contributed by atoms with Crippen molar-refractivity contribution >= 4 is 0 Å². The minimum absolute atomic E-state index is 0.520. The van der Waals surface area contributed by atoms with Gasteiger partial charge in [-0.25, -0.2) is 0 Å². The highest BCUT2D eigenvalue weighted by molar-refractivity contribution is 5.13. The van der Waals surface area contributed by atoms with E-state index >= 15 is 0 Å². The highest BCUT2D eigenvalue weighted by Crippen LogP contribution is 2.24. The summed E-state index contributed by atoms with van der Waals surface area (Å²) in [4.78, 5) is 0. The summed E-state index contributed by atoms with van der Waals surface area (Å²) in [5.41, 5.74) is 2.29. The molecule has 3 nitrogen and oxygen atoms in total. The fraction of sp³-hybridized carbons (Fsp3) is 0.667. The zero-order valence-corrected chi connectivity index (χ0v) is 7.58. The van der Waals surface area contributed by atoms with Gasteiger partial charge in [0.15, 0.2) is 0 Å². The summed E-state index contributed by atoms with van der Waals surface area (Å²) in [6.07, 6.45) is 5.00. The van der Waals surface area contributed by atoms with Gasteiger partial charge in [0.25, 0.3) is 0 Å². The lowest BCUT2D eigenvalue weighted by molar-refractivity contribution is 0.103. The molecule has 0 aliphatic heterocycles. The van der Waals surface area contributed by atoms with Crippen LogP contribution < -0.4 is 0 Å². The van der Waals surface area contributed by atoms with Gasteiger partial charge in [-0.15, -0.1) is 0 Å². The van der Waals surface area contributed by atoms with Crippen molar-refractivity contribution in [3.63, 3.8) is 0 Å². The second kappa shape index (κ2) is 2.90. The van der Waals surface area contributed by atoms with E-state index in [1.54, 1.807) is 0 Å². The molecule has 12 heavy (non-hydrogen) atoms. The average molecular weight is 166 g/mol. The van der Waals surface area contributed by atoms with Crippen molar-refractivity contribution in [2.75, 3.05) is 0 Å². The fourth-order valence-corrected chi connectivity index (χ4v) is 1.23. The van der Waals surface area contributed by atoms with Crippen LogP contribution in [0.2, 0.25) is 0 Å². The Morgan fingerprint density at radius 3 is 2.92 bits per heavy atom. The molecule has 0 amide bonds. The third-order valence-corrected chi connectivity index (χ3v) is 2.09. The van der Waals surface area contributed by atoms with Crippen molar-refractivity contribution in [3.05, 3.63) is 17.5 Å². The second-order valence-corrected chi connectivity index (χ2v) is 3.44. The number of hydrogen-bond acceptors (Lipinski definition) is 2. The molecule has 1 aliphatic rings. The summed E-state index contributed by atoms with van der Waals surface area (Å²) in [6.45, 7) is 2.75. The van der Waals surface area contributed by atoms with Crippen molar-refractivity contribution in [1.29, 1.82) is 0 Å². The van der Waals surface area contributed by atoms with E-state index < -0.39 is 0 Å². The highest BCUT2D eigenvalue weighted by atomic mass is 16.5. The first-order valence-corrected chi connectivity index (χ1v) is 4.36. The lowest BCUT2D eigenvalue weighted by Gasteiger charge is -1.98. The van der Waals surface area contributed by atoms with Crippen LogP contribution in [-0.2, 0) is 18.4 Å². The summed E-state index contributed by atoms with van der Waals surface area (Å²) < 4.78 is 7.39. The molecule has 0 saturated heterocycles. The zero-order chi connectivity index (χ0) is 8.55. The molecule has 0 atom stereocenters. The first-order chi connectivity index (χ1) is 5.75. The molecule has 0 N–H and O–H groups in total. The Morgan fingerprint density at radius 1 is 1.67 bits per heavy atom. The Kier molecular flexibility index (Phi) is 1.89. The molecule has 1 aromatic heterocycles. The van der Waals surface area contributed by atoms with Gasteiger partial charge in [-0.05, 0) is 25.3 Å². The summed E-state index contributed by atoms with van der Waals surface area (Å²) >= 11 is 0.